The molecular formula is C26H24ClN5S. The lowest BCUT2D eigenvalue weighted by atomic mass is 9.96. The van der Waals surface area contributed by atoms with Crippen LogP contribution in [-0.4, -0.2) is 24.5 Å². The number of rotatable bonds is 5. The number of halogens is 1. The summed E-state index contributed by atoms with van der Waals surface area (Å²) in [5, 5.41) is 4.98. The average molecular weight is 474 g/mol. The van der Waals surface area contributed by atoms with Gasteiger partial charge in [-0.05, 0) is 79.7 Å². The van der Waals surface area contributed by atoms with Gasteiger partial charge in [0.1, 0.15) is 0 Å². The molecule has 4 heterocycles. The number of para-hydroxylation sites is 1. The Labute approximate surface area is 204 Å². The molecule has 7 heteroatoms. The lowest BCUT2D eigenvalue weighted by Crippen LogP contribution is -2.29. The first-order valence-corrected chi connectivity index (χ1v) is 11.6. The SMILES string of the molecule is Cc1cc([C@@H]2[C@@H](c3ccccn3)NC(=S)N2Cc2ccncc2)c(C)n1-c1ccccc1Cl. The smallest absolute Gasteiger partial charge is 0.170 e. The number of pyridine rings is 2. The molecule has 2 atom stereocenters. The summed E-state index contributed by atoms with van der Waals surface area (Å²) in [5.41, 5.74) is 6.55. The Kier molecular flexibility index (Phi) is 5.87. The monoisotopic (exact) mass is 473 g/mol. The maximum atomic E-state index is 6.58. The van der Waals surface area contributed by atoms with Crippen LogP contribution >= 0.6 is 23.8 Å². The molecule has 4 aromatic rings. The van der Waals surface area contributed by atoms with Gasteiger partial charge in [0.05, 0.1) is 28.5 Å². The largest absolute Gasteiger partial charge is 0.352 e. The Balaban J connectivity index is 1.63. The van der Waals surface area contributed by atoms with Gasteiger partial charge in [0.15, 0.2) is 5.11 Å². The second-order valence-electron chi connectivity index (χ2n) is 8.22. The molecule has 1 fully saturated rings. The van der Waals surface area contributed by atoms with Crippen molar-refractivity contribution in [3.05, 3.63) is 112 Å². The second kappa shape index (κ2) is 8.96. The van der Waals surface area contributed by atoms with E-state index in [0.29, 0.717) is 6.54 Å². The number of benzene rings is 1. The maximum Gasteiger partial charge on any atom is 0.170 e. The highest BCUT2D eigenvalue weighted by atomic mass is 35.5. The zero-order chi connectivity index (χ0) is 22.9. The van der Waals surface area contributed by atoms with Crippen molar-refractivity contribution in [3.8, 4) is 5.69 Å². The Morgan fingerprint density at radius 1 is 1.00 bits per heavy atom. The minimum Gasteiger partial charge on any atom is -0.352 e. The van der Waals surface area contributed by atoms with Gasteiger partial charge in [-0.25, -0.2) is 0 Å². The fourth-order valence-electron chi connectivity index (χ4n) is 4.69. The molecule has 1 aliphatic rings. The van der Waals surface area contributed by atoms with E-state index < -0.39 is 0 Å². The molecule has 1 aliphatic heterocycles. The number of hydrogen-bond donors (Lipinski definition) is 1. The van der Waals surface area contributed by atoms with E-state index in [1.165, 1.54) is 5.56 Å². The highest BCUT2D eigenvalue weighted by Gasteiger charge is 2.41. The molecule has 5 nitrogen and oxygen atoms in total. The molecular weight excluding hydrogens is 450 g/mol. The van der Waals surface area contributed by atoms with Crippen LogP contribution in [0.4, 0.5) is 0 Å². The first kappa shape index (κ1) is 21.6. The number of aromatic nitrogens is 3. The molecule has 166 valence electrons. The van der Waals surface area contributed by atoms with Gasteiger partial charge in [0.25, 0.3) is 0 Å². The third-order valence-corrected chi connectivity index (χ3v) is 6.85. The zero-order valence-electron chi connectivity index (χ0n) is 18.4. The van der Waals surface area contributed by atoms with Crippen molar-refractivity contribution < 1.29 is 0 Å². The van der Waals surface area contributed by atoms with Crippen LogP contribution in [-0.2, 0) is 6.54 Å². The first-order valence-electron chi connectivity index (χ1n) is 10.9. The van der Waals surface area contributed by atoms with E-state index in [-0.39, 0.29) is 12.1 Å². The number of hydrogen-bond acceptors (Lipinski definition) is 3. The molecule has 0 saturated carbocycles. The minimum absolute atomic E-state index is 0.0250. The van der Waals surface area contributed by atoms with Gasteiger partial charge in [-0.1, -0.05) is 29.8 Å². The fourth-order valence-corrected chi connectivity index (χ4v) is 5.22. The summed E-state index contributed by atoms with van der Waals surface area (Å²) in [4.78, 5) is 11.1. The molecule has 33 heavy (non-hydrogen) atoms. The summed E-state index contributed by atoms with van der Waals surface area (Å²) in [6, 6.07) is 20.2. The normalized spacial score (nSPS) is 17.9. The van der Waals surface area contributed by atoms with Gasteiger partial charge in [0.2, 0.25) is 0 Å². The first-order chi connectivity index (χ1) is 16.0. The maximum absolute atomic E-state index is 6.58. The molecule has 0 aliphatic carbocycles. The molecule has 1 saturated heterocycles. The summed E-state index contributed by atoms with van der Waals surface area (Å²) < 4.78 is 2.22. The molecule has 0 radical (unpaired) electrons. The molecule has 0 unspecified atom stereocenters. The summed E-state index contributed by atoms with van der Waals surface area (Å²) in [5.74, 6) is 0. The quantitative estimate of drug-likeness (QED) is 0.376. The van der Waals surface area contributed by atoms with Crippen LogP contribution in [0.3, 0.4) is 0 Å². The third kappa shape index (κ3) is 4.01. The summed E-state index contributed by atoms with van der Waals surface area (Å²) in [6.45, 7) is 4.94. The van der Waals surface area contributed by atoms with Crippen molar-refractivity contribution in [3.63, 3.8) is 0 Å². The highest BCUT2D eigenvalue weighted by molar-refractivity contribution is 7.80. The van der Waals surface area contributed by atoms with Crippen LogP contribution in [0.2, 0.25) is 5.02 Å². The summed E-state index contributed by atoms with van der Waals surface area (Å²) in [6.07, 6.45) is 5.46. The van der Waals surface area contributed by atoms with Crippen molar-refractivity contribution in [1.29, 1.82) is 0 Å². The zero-order valence-corrected chi connectivity index (χ0v) is 20.0. The topological polar surface area (TPSA) is 46.0 Å². The fraction of sp³-hybridized carbons (Fsp3) is 0.192. The Hall–Kier alpha value is -3.22. The van der Waals surface area contributed by atoms with Crippen molar-refractivity contribution in [2.24, 2.45) is 0 Å². The van der Waals surface area contributed by atoms with E-state index in [1.807, 2.05) is 61.1 Å². The van der Waals surface area contributed by atoms with E-state index >= 15 is 0 Å². The Morgan fingerprint density at radius 3 is 2.48 bits per heavy atom. The molecule has 1 N–H and O–H groups in total. The molecule has 3 aromatic heterocycles. The van der Waals surface area contributed by atoms with Gasteiger partial charge in [-0.15, -0.1) is 0 Å². The van der Waals surface area contributed by atoms with Gasteiger partial charge < -0.3 is 14.8 Å². The van der Waals surface area contributed by atoms with E-state index in [1.54, 1.807) is 0 Å². The lowest BCUT2D eigenvalue weighted by molar-refractivity contribution is 0.310. The van der Waals surface area contributed by atoms with Gasteiger partial charge in [-0.3, -0.25) is 9.97 Å². The lowest BCUT2D eigenvalue weighted by Gasteiger charge is -2.28. The third-order valence-electron chi connectivity index (χ3n) is 6.18. The standard InChI is InChI=1S/C26H24ClN5S/c1-17-15-20(18(2)32(17)23-9-4-3-7-21(23)27)25-24(22-8-5-6-12-29-22)30-26(33)31(25)16-19-10-13-28-14-11-19/h3-15,24-25H,16H2,1-2H3,(H,30,33)/t24-,25-/m1/s1. The number of aryl methyl sites for hydroxylation is 1. The van der Waals surface area contributed by atoms with Gasteiger partial charge >= 0.3 is 0 Å². The van der Waals surface area contributed by atoms with E-state index in [4.69, 9.17) is 23.8 Å². The number of nitrogens with one attached hydrogen (secondary N) is 1. The Bertz CT molecular complexity index is 1290. The van der Waals surface area contributed by atoms with Crippen molar-refractivity contribution in [1.82, 2.24) is 24.8 Å². The van der Waals surface area contributed by atoms with Crippen LogP contribution in [0.15, 0.2) is 79.3 Å². The van der Waals surface area contributed by atoms with E-state index in [0.717, 1.165) is 38.5 Å². The summed E-state index contributed by atoms with van der Waals surface area (Å²) >= 11 is 12.4. The van der Waals surface area contributed by atoms with E-state index in [9.17, 15) is 0 Å². The molecule has 0 bridgehead atoms. The van der Waals surface area contributed by atoms with Crippen molar-refractivity contribution in [2.45, 2.75) is 32.5 Å². The molecule has 5 rings (SSSR count). The molecule has 0 spiro atoms. The summed E-state index contributed by atoms with van der Waals surface area (Å²) in [7, 11) is 0. The van der Waals surface area contributed by atoms with E-state index in [2.05, 4.69) is 56.8 Å². The van der Waals surface area contributed by atoms with Gasteiger partial charge in [-0.2, -0.15) is 0 Å². The molecule has 1 aromatic carbocycles. The van der Waals surface area contributed by atoms with Crippen LogP contribution < -0.4 is 5.32 Å². The highest BCUT2D eigenvalue weighted by Crippen LogP contribution is 2.42. The Morgan fingerprint density at radius 2 is 1.76 bits per heavy atom. The predicted octanol–water partition coefficient (Wildman–Crippen LogP) is 5.71. The number of nitrogens with zero attached hydrogens (tertiary/aromatic N) is 4. The van der Waals surface area contributed by atoms with Crippen molar-refractivity contribution in [2.75, 3.05) is 0 Å². The minimum atomic E-state index is -0.0688. The van der Waals surface area contributed by atoms with Gasteiger partial charge in [0, 0.05) is 36.5 Å². The van der Waals surface area contributed by atoms with Crippen LogP contribution in [0, 0.1) is 13.8 Å². The average Bonchev–Trinajstić information content (AvgIpc) is 3.30. The van der Waals surface area contributed by atoms with Crippen LogP contribution in [0.5, 0.6) is 0 Å². The van der Waals surface area contributed by atoms with Crippen LogP contribution in [0.25, 0.3) is 5.69 Å². The predicted molar refractivity (Wildman–Crippen MR) is 135 cm³/mol. The number of thiocarbonyl (C=S) groups is 1. The van der Waals surface area contributed by atoms with Crippen LogP contribution in [0.1, 0.15) is 40.3 Å². The van der Waals surface area contributed by atoms with Crippen molar-refractivity contribution >= 4 is 28.9 Å². The molecule has 0 amide bonds. The second-order valence-corrected chi connectivity index (χ2v) is 9.02.